The van der Waals surface area contributed by atoms with E-state index in [0.717, 1.165) is 19.4 Å². The van der Waals surface area contributed by atoms with E-state index in [4.69, 9.17) is 5.26 Å². The molecule has 1 saturated heterocycles. The Hall–Kier alpha value is -2.09. The highest BCUT2D eigenvalue weighted by Gasteiger charge is 2.42. The normalized spacial score (nSPS) is 22.3. The van der Waals surface area contributed by atoms with Gasteiger partial charge in [0.15, 0.2) is 0 Å². The monoisotopic (exact) mass is 273 g/mol. The number of nitriles is 1. The number of hydrogen-bond acceptors (Lipinski definition) is 4. The van der Waals surface area contributed by atoms with E-state index in [2.05, 4.69) is 11.1 Å². The molecule has 1 unspecified atom stereocenters. The molecule has 1 aromatic rings. The van der Waals surface area contributed by atoms with Crippen molar-refractivity contribution in [3.63, 3.8) is 0 Å². The fraction of sp³-hybridized carbons (Fsp3) is 0.533. The summed E-state index contributed by atoms with van der Waals surface area (Å²) in [7, 11) is 0. The van der Waals surface area contributed by atoms with Crippen LogP contribution in [0.2, 0.25) is 0 Å². The molecule has 0 aliphatic carbocycles. The molecule has 2 rings (SSSR count). The Morgan fingerprint density at radius 1 is 1.65 bits per heavy atom. The minimum Gasteiger partial charge on any atom is -0.481 e. The predicted octanol–water partition coefficient (Wildman–Crippen LogP) is 2.42. The Labute approximate surface area is 118 Å². The third-order valence-corrected chi connectivity index (χ3v) is 3.97. The number of carboxylic acids is 1. The third kappa shape index (κ3) is 2.60. The molecule has 106 valence electrons. The minimum absolute atomic E-state index is 0.432. The number of hydrogen-bond donors (Lipinski definition) is 1. The van der Waals surface area contributed by atoms with Crippen LogP contribution in [0.1, 0.15) is 38.2 Å². The van der Waals surface area contributed by atoms with E-state index < -0.39 is 11.4 Å². The first-order valence-corrected chi connectivity index (χ1v) is 6.96. The van der Waals surface area contributed by atoms with Gasteiger partial charge in [0.05, 0.1) is 11.0 Å². The van der Waals surface area contributed by atoms with Gasteiger partial charge in [-0.3, -0.25) is 4.79 Å². The van der Waals surface area contributed by atoms with E-state index in [1.807, 2.05) is 11.8 Å². The fourth-order valence-corrected chi connectivity index (χ4v) is 3.01. The quantitative estimate of drug-likeness (QED) is 0.911. The van der Waals surface area contributed by atoms with Gasteiger partial charge in [-0.15, -0.1) is 0 Å². The van der Waals surface area contributed by atoms with Gasteiger partial charge in [0.25, 0.3) is 0 Å². The van der Waals surface area contributed by atoms with E-state index in [9.17, 15) is 9.90 Å². The Balaban J connectivity index is 2.30. The lowest BCUT2D eigenvalue weighted by atomic mass is 9.76. The zero-order chi connectivity index (χ0) is 14.6. The van der Waals surface area contributed by atoms with Crippen LogP contribution in [0.15, 0.2) is 18.3 Å². The first-order chi connectivity index (χ1) is 9.63. The van der Waals surface area contributed by atoms with Crippen molar-refractivity contribution in [2.24, 2.45) is 5.41 Å². The van der Waals surface area contributed by atoms with Gasteiger partial charge in [-0.2, -0.15) is 5.26 Å². The van der Waals surface area contributed by atoms with Gasteiger partial charge in [0, 0.05) is 19.3 Å². The molecule has 2 heterocycles. The molecule has 0 spiro atoms. The molecule has 5 heteroatoms. The molecule has 0 saturated carbocycles. The van der Waals surface area contributed by atoms with Gasteiger partial charge in [0.2, 0.25) is 0 Å². The number of piperidine rings is 1. The number of carboxylic acid groups (broad SMARTS) is 1. The molecule has 1 atom stereocenters. The molecular weight excluding hydrogens is 254 g/mol. The van der Waals surface area contributed by atoms with Crippen LogP contribution < -0.4 is 4.90 Å². The average molecular weight is 273 g/mol. The smallest absolute Gasteiger partial charge is 0.311 e. The first kappa shape index (κ1) is 14.3. The van der Waals surface area contributed by atoms with Crippen molar-refractivity contribution >= 4 is 11.8 Å². The third-order valence-electron chi connectivity index (χ3n) is 3.97. The second-order valence-corrected chi connectivity index (χ2v) is 5.35. The maximum atomic E-state index is 11.7. The summed E-state index contributed by atoms with van der Waals surface area (Å²) >= 11 is 0. The number of aromatic nitrogens is 1. The summed E-state index contributed by atoms with van der Waals surface area (Å²) in [5.41, 5.74) is -0.206. The van der Waals surface area contributed by atoms with E-state index in [0.29, 0.717) is 30.8 Å². The van der Waals surface area contributed by atoms with Crippen LogP contribution in [-0.4, -0.2) is 29.1 Å². The van der Waals surface area contributed by atoms with Crippen LogP contribution in [0.3, 0.4) is 0 Å². The van der Waals surface area contributed by atoms with Crippen LogP contribution in [0.25, 0.3) is 0 Å². The lowest BCUT2D eigenvalue weighted by Crippen LogP contribution is -2.48. The summed E-state index contributed by atoms with van der Waals surface area (Å²) in [5, 5.41) is 18.8. The lowest BCUT2D eigenvalue weighted by molar-refractivity contribution is -0.150. The standard InChI is InChI=1S/C15H19N3O2/c1-2-6-15(14(19)20)7-4-9-18(11-15)13-12(10-16)5-3-8-17-13/h3,5,8H,2,4,6-7,9,11H2,1H3,(H,19,20). The summed E-state index contributed by atoms with van der Waals surface area (Å²) in [6.45, 7) is 3.19. The summed E-state index contributed by atoms with van der Waals surface area (Å²) in [4.78, 5) is 17.9. The maximum Gasteiger partial charge on any atom is 0.311 e. The maximum absolute atomic E-state index is 11.7. The zero-order valence-electron chi connectivity index (χ0n) is 11.7. The van der Waals surface area contributed by atoms with Crippen molar-refractivity contribution in [3.8, 4) is 6.07 Å². The number of carbonyl (C=O) groups is 1. The molecule has 0 bridgehead atoms. The van der Waals surface area contributed by atoms with Crippen molar-refractivity contribution in [2.75, 3.05) is 18.0 Å². The van der Waals surface area contributed by atoms with Gasteiger partial charge in [0.1, 0.15) is 11.9 Å². The lowest BCUT2D eigenvalue weighted by Gasteiger charge is -2.40. The van der Waals surface area contributed by atoms with Crippen LogP contribution in [0.5, 0.6) is 0 Å². The Morgan fingerprint density at radius 2 is 2.45 bits per heavy atom. The summed E-state index contributed by atoms with van der Waals surface area (Å²) in [6.07, 6.45) is 4.66. The van der Waals surface area contributed by atoms with Crippen LogP contribution in [-0.2, 0) is 4.79 Å². The molecule has 1 N–H and O–H groups in total. The zero-order valence-corrected chi connectivity index (χ0v) is 11.7. The van der Waals surface area contributed by atoms with Crippen molar-refractivity contribution in [3.05, 3.63) is 23.9 Å². The molecule has 1 aliphatic heterocycles. The SMILES string of the molecule is CCCC1(C(=O)O)CCCN(c2ncccc2C#N)C1. The van der Waals surface area contributed by atoms with Crippen LogP contribution >= 0.6 is 0 Å². The Morgan fingerprint density at radius 3 is 3.10 bits per heavy atom. The van der Waals surface area contributed by atoms with E-state index >= 15 is 0 Å². The Bertz CT molecular complexity index is 534. The second-order valence-electron chi connectivity index (χ2n) is 5.35. The van der Waals surface area contributed by atoms with E-state index in [1.165, 1.54) is 0 Å². The van der Waals surface area contributed by atoms with Crippen molar-refractivity contribution < 1.29 is 9.90 Å². The first-order valence-electron chi connectivity index (χ1n) is 6.96. The number of aliphatic carboxylic acids is 1. The highest BCUT2D eigenvalue weighted by Crippen LogP contribution is 2.37. The van der Waals surface area contributed by atoms with E-state index in [1.54, 1.807) is 18.3 Å². The summed E-state index contributed by atoms with van der Waals surface area (Å²) in [5.74, 6) is -0.130. The second kappa shape index (κ2) is 5.91. The highest BCUT2D eigenvalue weighted by molar-refractivity contribution is 5.76. The van der Waals surface area contributed by atoms with Gasteiger partial charge < -0.3 is 10.0 Å². The topological polar surface area (TPSA) is 77.2 Å². The molecule has 1 aliphatic rings. The minimum atomic E-state index is -0.738. The van der Waals surface area contributed by atoms with Crippen LogP contribution in [0, 0.1) is 16.7 Å². The molecular formula is C15H19N3O2. The van der Waals surface area contributed by atoms with Crippen molar-refractivity contribution in [2.45, 2.75) is 32.6 Å². The molecule has 20 heavy (non-hydrogen) atoms. The average Bonchev–Trinajstić information content (AvgIpc) is 2.47. The molecule has 0 amide bonds. The predicted molar refractivity (Wildman–Crippen MR) is 75.4 cm³/mol. The van der Waals surface area contributed by atoms with Crippen LogP contribution in [0.4, 0.5) is 5.82 Å². The van der Waals surface area contributed by atoms with Crippen molar-refractivity contribution in [1.29, 1.82) is 5.26 Å². The highest BCUT2D eigenvalue weighted by atomic mass is 16.4. The Kier molecular flexibility index (Phi) is 4.23. The fourth-order valence-electron chi connectivity index (χ4n) is 3.01. The molecule has 5 nitrogen and oxygen atoms in total. The molecule has 1 aromatic heterocycles. The number of pyridine rings is 1. The summed E-state index contributed by atoms with van der Waals surface area (Å²) in [6, 6.07) is 5.58. The van der Waals surface area contributed by atoms with Gasteiger partial charge >= 0.3 is 5.97 Å². The molecule has 0 aromatic carbocycles. The number of rotatable bonds is 4. The van der Waals surface area contributed by atoms with E-state index in [-0.39, 0.29) is 0 Å². The van der Waals surface area contributed by atoms with Gasteiger partial charge in [-0.25, -0.2) is 4.98 Å². The largest absolute Gasteiger partial charge is 0.481 e. The van der Waals surface area contributed by atoms with Gasteiger partial charge in [-0.1, -0.05) is 13.3 Å². The number of nitrogens with zero attached hydrogens (tertiary/aromatic N) is 3. The van der Waals surface area contributed by atoms with Gasteiger partial charge in [-0.05, 0) is 31.4 Å². The number of anilines is 1. The summed E-state index contributed by atoms with van der Waals surface area (Å²) < 4.78 is 0. The molecule has 0 radical (unpaired) electrons. The molecule has 1 fully saturated rings. The van der Waals surface area contributed by atoms with Crippen molar-refractivity contribution in [1.82, 2.24) is 4.98 Å².